The van der Waals surface area contributed by atoms with Crippen LogP contribution in [0.5, 0.6) is 0 Å². The van der Waals surface area contributed by atoms with Gasteiger partial charge in [0.1, 0.15) is 0 Å². The quantitative estimate of drug-likeness (QED) is 0.238. The zero-order valence-electron chi connectivity index (χ0n) is 26.4. The van der Waals surface area contributed by atoms with E-state index >= 15 is 0 Å². The van der Waals surface area contributed by atoms with Crippen LogP contribution in [0.2, 0.25) is 0 Å². The van der Waals surface area contributed by atoms with Gasteiger partial charge in [-0.15, -0.1) is 0 Å². The van der Waals surface area contributed by atoms with Crippen molar-refractivity contribution < 1.29 is 59.6 Å². The van der Waals surface area contributed by atoms with Gasteiger partial charge in [0.15, 0.2) is 0 Å². The van der Waals surface area contributed by atoms with Crippen LogP contribution >= 0.6 is 29.5 Å². The van der Waals surface area contributed by atoms with E-state index in [1.165, 1.54) is 26.7 Å². The molecule has 0 amide bonds. The molecule has 0 aromatic heterocycles. The summed E-state index contributed by atoms with van der Waals surface area (Å²) in [5.41, 5.74) is 0. The molecule has 0 aromatic carbocycles. The minimum absolute atomic E-state index is 0. The first-order valence-electron chi connectivity index (χ1n) is 12.4. The van der Waals surface area contributed by atoms with Gasteiger partial charge in [0.25, 0.3) is 0 Å². The summed E-state index contributed by atoms with van der Waals surface area (Å²) in [5, 5.41) is -2.08. The van der Waals surface area contributed by atoms with Gasteiger partial charge in [0.05, 0.1) is 0 Å². The van der Waals surface area contributed by atoms with Gasteiger partial charge >= 0.3 is 21.7 Å². The molecule has 4 unspecified atom stereocenters. The van der Waals surface area contributed by atoms with E-state index in [0.717, 1.165) is 0 Å². The van der Waals surface area contributed by atoms with E-state index < -0.39 is 50.1 Å². The van der Waals surface area contributed by atoms with E-state index in [-0.39, 0.29) is 21.7 Å². The van der Waals surface area contributed by atoms with Gasteiger partial charge in [0, 0.05) is 50.1 Å². The van der Waals surface area contributed by atoms with E-state index in [0.29, 0.717) is 25.7 Å². The van der Waals surface area contributed by atoms with Gasteiger partial charge in [0.2, 0.25) is 0 Å². The number of rotatable bonds is 8. The molecule has 8 nitrogen and oxygen atoms in total. The van der Waals surface area contributed by atoms with Gasteiger partial charge in [-0.3, -0.25) is 0 Å². The zero-order chi connectivity index (χ0) is 30.8. The molecular weight excluding hydrogens is 588 g/mol. The van der Waals surface area contributed by atoms with Crippen LogP contribution in [0.1, 0.15) is 109 Å². The third-order valence-corrected chi connectivity index (χ3v) is 17.9. The van der Waals surface area contributed by atoms with Crippen LogP contribution in [-0.4, -0.2) is 47.3 Å². The molecule has 0 aliphatic rings. The fraction of sp³-hybridized carbons (Fsp3) is 1.00. The first-order chi connectivity index (χ1) is 15.2. The second kappa shape index (κ2) is 17.4. The molecule has 0 aromatic rings. The molecule has 4 atom stereocenters. The standard InChI is InChI=1S/4C6H15O2P.Ti/c4*1-5-6(2,3)9(4,7)8;/h4*5H2,1-4H3,(H,7,8);/q;;;;+4/p-4. The molecule has 0 heterocycles. The maximum atomic E-state index is 10.9. The number of hydrogen-bond donors (Lipinski definition) is 0. The van der Waals surface area contributed by atoms with Crippen molar-refractivity contribution in [2.75, 3.05) is 26.7 Å². The first kappa shape index (κ1) is 48.2. The molecule has 0 aliphatic carbocycles. The molecule has 0 radical (unpaired) electrons. The predicted octanol–water partition coefficient (Wildman–Crippen LogP) is 5.77. The predicted molar refractivity (Wildman–Crippen MR) is 152 cm³/mol. The molecule has 0 fully saturated rings. The summed E-state index contributed by atoms with van der Waals surface area (Å²) in [5.74, 6) is 0. The molecule has 0 bridgehead atoms. The third-order valence-electron chi connectivity index (χ3n) is 7.86. The molecule has 0 rings (SSSR count). The molecule has 0 spiro atoms. The summed E-state index contributed by atoms with van der Waals surface area (Å²) in [6.45, 7) is 26.7. The Morgan fingerprint density at radius 2 is 0.486 bits per heavy atom. The molecule has 37 heavy (non-hydrogen) atoms. The minimum atomic E-state index is -3.12. The smallest absolute Gasteiger partial charge is 0.799 e. The Balaban J connectivity index is -0.000000122. The number of hydrogen-bond acceptors (Lipinski definition) is 8. The van der Waals surface area contributed by atoms with Crippen molar-refractivity contribution >= 4 is 29.5 Å². The first-order valence-corrected chi connectivity index (χ1v) is 20.7. The van der Waals surface area contributed by atoms with E-state index in [1.54, 1.807) is 55.4 Å². The van der Waals surface area contributed by atoms with Crippen LogP contribution in [0.25, 0.3) is 0 Å². The molecule has 224 valence electrons. The summed E-state index contributed by atoms with van der Waals surface area (Å²) in [6.07, 6.45) is 2.74. The van der Waals surface area contributed by atoms with Crippen molar-refractivity contribution in [3.05, 3.63) is 0 Å². The van der Waals surface area contributed by atoms with E-state index in [1.807, 2.05) is 27.7 Å². The summed E-state index contributed by atoms with van der Waals surface area (Å²) in [7, 11) is -12.5. The molecule has 0 N–H and O–H groups in total. The van der Waals surface area contributed by atoms with Crippen LogP contribution in [-0.2, 0) is 40.0 Å². The van der Waals surface area contributed by atoms with E-state index in [2.05, 4.69) is 0 Å². The maximum absolute atomic E-state index is 10.9. The summed E-state index contributed by atoms with van der Waals surface area (Å²) < 4.78 is 43.6. The zero-order valence-corrected chi connectivity index (χ0v) is 31.5. The van der Waals surface area contributed by atoms with Crippen molar-refractivity contribution in [3.8, 4) is 0 Å². The van der Waals surface area contributed by atoms with Crippen LogP contribution in [0.15, 0.2) is 0 Å². The van der Waals surface area contributed by atoms with Gasteiger partial charge < -0.3 is 37.8 Å². The molecule has 13 heteroatoms. The Hall–Kier alpha value is 1.47. The largest absolute Gasteiger partial charge is 4.00 e. The van der Waals surface area contributed by atoms with Crippen molar-refractivity contribution in [3.63, 3.8) is 0 Å². The van der Waals surface area contributed by atoms with Crippen molar-refractivity contribution in [1.29, 1.82) is 0 Å². The van der Waals surface area contributed by atoms with Gasteiger partial charge in [-0.05, 0) is 52.3 Å². The van der Waals surface area contributed by atoms with Gasteiger partial charge in [-0.25, -0.2) is 0 Å². The maximum Gasteiger partial charge on any atom is 4.00 e. The summed E-state index contributed by atoms with van der Waals surface area (Å²) >= 11 is 0. The molecule has 0 aliphatic heterocycles. The Morgan fingerprint density at radius 1 is 0.405 bits per heavy atom. The third kappa shape index (κ3) is 19.3. The molecular formula is C24H56O8P4Ti. The molecule has 0 saturated carbocycles. The Bertz CT molecular complexity index is 679. The van der Waals surface area contributed by atoms with Crippen LogP contribution in [0.3, 0.4) is 0 Å². The normalized spacial score (nSPS) is 18.7. The second-order valence-electron chi connectivity index (χ2n) is 12.0. The van der Waals surface area contributed by atoms with Crippen molar-refractivity contribution in [2.24, 2.45) is 0 Å². The van der Waals surface area contributed by atoms with E-state index in [4.69, 9.17) is 0 Å². The Morgan fingerprint density at radius 3 is 0.486 bits per heavy atom. The van der Waals surface area contributed by atoms with Gasteiger partial charge in [-0.2, -0.15) is 0 Å². The van der Waals surface area contributed by atoms with Crippen molar-refractivity contribution in [2.45, 2.75) is 129 Å². The van der Waals surface area contributed by atoms with Gasteiger partial charge in [-0.1, -0.05) is 83.1 Å². The summed E-state index contributed by atoms with van der Waals surface area (Å²) in [4.78, 5) is 43.6. The summed E-state index contributed by atoms with van der Waals surface area (Å²) in [6, 6.07) is 0. The monoisotopic (exact) mass is 644 g/mol. The Kier molecular flexibility index (Phi) is 22.7. The Labute approximate surface area is 244 Å². The minimum Gasteiger partial charge on any atom is -0.799 e. The topological polar surface area (TPSA) is 161 Å². The van der Waals surface area contributed by atoms with Crippen molar-refractivity contribution in [1.82, 2.24) is 0 Å². The molecule has 0 saturated heterocycles. The van der Waals surface area contributed by atoms with E-state index in [9.17, 15) is 37.8 Å². The van der Waals surface area contributed by atoms with Crippen LogP contribution < -0.4 is 19.6 Å². The average Bonchev–Trinajstić information content (AvgIpc) is 2.65. The van der Waals surface area contributed by atoms with Crippen LogP contribution in [0.4, 0.5) is 0 Å². The van der Waals surface area contributed by atoms with Crippen LogP contribution in [0, 0.1) is 0 Å². The second-order valence-corrected chi connectivity index (χ2v) is 23.7. The fourth-order valence-electron chi connectivity index (χ4n) is 1.15. The average molecular weight is 644 g/mol. The SMILES string of the molecule is CCC(C)(C)P(C)(=O)[O-].CCC(C)(C)P(C)(=O)[O-].CCC(C)(C)P(C)(=O)[O-].CCC(C)(C)P(C)(=O)[O-].[Ti+4]. The fourth-order valence-corrected chi connectivity index (χ4v) is 3.45.